The molecular weight excluding hydrogens is 198 g/mol. The van der Waals surface area contributed by atoms with Gasteiger partial charge in [-0.15, -0.1) is 0 Å². The van der Waals surface area contributed by atoms with Gasteiger partial charge < -0.3 is 20.7 Å². The summed E-state index contributed by atoms with van der Waals surface area (Å²) >= 11 is 0. The van der Waals surface area contributed by atoms with Crippen LogP contribution in [0.3, 0.4) is 0 Å². The number of oxime groups is 1. The molecule has 0 spiro atoms. The number of amidine groups is 1. The van der Waals surface area contributed by atoms with Crippen molar-refractivity contribution in [2.75, 3.05) is 6.54 Å². The van der Waals surface area contributed by atoms with E-state index < -0.39 is 0 Å². The van der Waals surface area contributed by atoms with Crippen LogP contribution in [-0.4, -0.2) is 23.5 Å². The molecule has 4 N–H and O–H groups in total. The lowest BCUT2D eigenvalue weighted by Crippen LogP contribution is -2.33. The first kappa shape index (κ1) is 11.1. The molecule has 1 amide bonds. The lowest BCUT2D eigenvalue weighted by atomic mass is 10.2. The largest absolute Gasteiger partial charge is 0.469 e. The topological polar surface area (TPSA) is 101 Å². The van der Waals surface area contributed by atoms with Gasteiger partial charge in [0, 0.05) is 6.42 Å². The Morgan fingerprint density at radius 1 is 1.73 bits per heavy atom. The van der Waals surface area contributed by atoms with Crippen molar-refractivity contribution in [3.63, 3.8) is 0 Å². The number of amides is 1. The van der Waals surface area contributed by atoms with Crippen molar-refractivity contribution in [3.8, 4) is 0 Å². The highest BCUT2D eigenvalue weighted by Gasteiger charge is 2.12. The first-order chi connectivity index (χ1) is 7.19. The molecule has 6 nitrogen and oxygen atoms in total. The van der Waals surface area contributed by atoms with Crippen LogP contribution in [0.2, 0.25) is 0 Å². The minimum absolute atomic E-state index is 0.00364. The third-order valence-corrected chi connectivity index (χ3v) is 1.87. The predicted molar refractivity (Wildman–Crippen MR) is 53.8 cm³/mol. The second-order valence-electron chi connectivity index (χ2n) is 2.89. The number of furan rings is 1. The van der Waals surface area contributed by atoms with E-state index in [1.54, 1.807) is 6.07 Å². The molecule has 0 atom stereocenters. The molecule has 82 valence electrons. The zero-order valence-electron chi connectivity index (χ0n) is 8.36. The summed E-state index contributed by atoms with van der Waals surface area (Å²) in [6, 6.07) is 1.58. The number of nitrogens with two attached hydrogens (primary N) is 1. The summed E-state index contributed by atoms with van der Waals surface area (Å²) in [5, 5.41) is 13.5. The van der Waals surface area contributed by atoms with Crippen molar-refractivity contribution in [1.82, 2.24) is 5.32 Å². The van der Waals surface area contributed by atoms with Gasteiger partial charge in [-0.3, -0.25) is 4.79 Å². The molecule has 1 aromatic heterocycles. The smallest absolute Gasteiger partial charge is 0.255 e. The normalized spacial score (nSPS) is 11.4. The van der Waals surface area contributed by atoms with Crippen LogP contribution in [0.5, 0.6) is 0 Å². The number of rotatable bonds is 4. The number of hydrogen-bond donors (Lipinski definition) is 3. The van der Waals surface area contributed by atoms with Gasteiger partial charge in [0.05, 0.1) is 18.4 Å². The summed E-state index contributed by atoms with van der Waals surface area (Å²) in [6.07, 6.45) is 2.09. The molecule has 6 heteroatoms. The van der Waals surface area contributed by atoms with Gasteiger partial charge in [-0.2, -0.15) is 0 Å². The van der Waals surface area contributed by atoms with E-state index in [1.165, 1.54) is 6.26 Å². The summed E-state index contributed by atoms with van der Waals surface area (Å²) in [7, 11) is 0. The standard InChI is InChI=1S/C9H13N3O3/c1-2-7-6(3-4-15-7)9(13)11-5-8(10)12-14/h3-4,14H,2,5H2,1H3,(H2,10,12)(H,11,13). The molecule has 1 rings (SSSR count). The van der Waals surface area contributed by atoms with Gasteiger partial charge in [-0.25, -0.2) is 0 Å². The molecule has 0 fully saturated rings. The Hall–Kier alpha value is -1.98. The summed E-state index contributed by atoms with van der Waals surface area (Å²) in [4.78, 5) is 11.5. The third-order valence-electron chi connectivity index (χ3n) is 1.87. The van der Waals surface area contributed by atoms with Gasteiger partial charge in [0.15, 0.2) is 5.84 Å². The van der Waals surface area contributed by atoms with Crippen LogP contribution in [0, 0.1) is 0 Å². The molecule has 0 radical (unpaired) electrons. The maximum Gasteiger partial charge on any atom is 0.255 e. The average Bonchev–Trinajstić information content (AvgIpc) is 2.73. The van der Waals surface area contributed by atoms with Crippen LogP contribution in [0.1, 0.15) is 23.0 Å². The van der Waals surface area contributed by atoms with Crippen LogP contribution in [-0.2, 0) is 6.42 Å². The van der Waals surface area contributed by atoms with E-state index in [9.17, 15) is 4.79 Å². The Balaban J connectivity index is 2.61. The van der Waals surface area contributed by atoms with E-state index in [0.29, 0.717) is 17.7 Å². The van der Waals surface area contributed by atoms with Crippen LogP contribution in [0.25, 0.3) is 0 Å². The first-order valence-corrected chi connectivity index (χ1v) is 4.50. The monoisotopic (exact) mass is 211 g/mol. The molecule has 0 aromatic carbocycles. The lowest BCUT2D eigenvalue weighted by molar-refractivity contribution is 0.0957. The van der Waals surface area contributed by atoms with Crippen molar-refractivity contribution in [2.24, 2.45) is 10.9 Å². The van der Waals surface area contributed by atoms with Crippen LogP contribution < -0.4 is 11.1 Å². The predicted octanol–water partition coefficient (Wildman–Crippen LogP) is 0.318. The van der Waals surface area contributed by atoms with E-state index in [1.807, 2.05) is 6.92 Å². The maximum absolute atomic E-state index is 11.5. The first-order valence-electron chi connectivity index (χ1n) is 4.50. The molecule has 0 aliphatic carbocycles. The average molecular weight is 211 g/mol. The maximum atomic E-state index is 11.5. The molecule has 0 aliphatic rings. The highest BCUT2D eigenvalue weighted by atomic mass is 16.4. The number of carbonyl (C=O) groups excluding carboxylic acids is 1. The summed E-state index contributed by atoms with van der Waals surface area (Å²) < 4.78 is 5.10. The number of aryl methyl sites for hydroxylation is 1. The second kappa shape index (κ2) is 5.04. The third kappa shape index (κ3) is 2.73. The fraction of sp³-hybridized carbons (Fsp3) is 0.333. The van der Waals surface area contributed by atoms with E-state index in [0.717, 1.165) is 0 Å². The zero-order valence-corrected chi connectivity index (χ0v) is 8.36. The van der Waals surface area contributed by atoms with Crippen LogP contribution >= 0.6 is 0 Å². The van der Waals surface area contributed by atoms with Crippen molar-refractivity contribution < 1.29 is 14.4 Å². The minimum atomic E-state index is -0.299. The van der Waals surface area contributed by atoms with Crippen molar-refractivity contribution >= 4 is 11.7 Å². The van der Waals surface area contributed by atoms with E-state index in [2.05, 4.69) is 10.5 Å². The van der Waals surface area contributed by atoms with E-state index in [4.69, 9.17) is 15.4 Å². The fourth-order valence-corrected chi connectivity index (χ4v) is 1.12. The van der Waals surface area contributed by atoms with Crippen molar-refractivity contribution in [3.05, 3.63) is 23.7 Å². The molecular formula is C9H13N3O3. The fourth-order valence-electron chi connectivity index (χ4n) is 1.12. The van der Waals surface area contributed by atoms with Gasteiger partial charge >= 0.3 is 0 Å². The van der Waals surface area contributed by atoms with Crippen LogP contribution in [0.4, 0.5) is 0 Å². The quantitative estimate of drug-likeness (QED) is 0.289. The summed E-state index contributed by atoms with van der Waals surface area (Å²) in [5.41, 5.74) is 5.68. The molecule has 0 saturated carbocycles. The summed E-state index contributed by atoms with van der Waals surface area (Å²) in [5.74, 6) is 0.268. The molecule has 0 aliphatic heterocycles. The lowest BCUT2D eigenvalue weighted by Gasteiger charge is -2.02. The Morgan fingerprint density at radius 2 is 2.47 bits per heavy atom. The molecule has 0 saturated heterocycles. The van der Waals surface area contributed by atoms with Crippen molar-refractivity contribution in [1.29, 1.82) is 0 Å². The highest BCUT2D eigenvalue weighted by Crippen LogP contribution is 2.10. The van der Waals surface area contributed by atoms with Gasteiger partial charge in [0.25, 0.3) is 5.91 Å². The Bertz CT molecular complexity index is 370. The van der Waals surface area contributed by atoms with E-state index in [-0.39, 0.29) is 18.3 Å². The Kier molecular flexibility index (Phi) is 3.73. The van der Waals surface area contributed by atoms with Gasteiger partial charge in [0.1, 0.15) is 5.76 Å². The SMILES string of the molecule is CCc1occc1C(=O)NC/C(N)=N/O. The summed E-state index contributed by atoms with van der Waals surface area (Å²) in [6.45, 7) is 1.89. The van der Waals surface area contributed by atoms with Crippen molar-refractivity contribution in [2.45, 2.75) is 13.3 Å². The number of nitrogens with one attached hydrogen (secondary N) is 1. The van der Waals surface area contributed by atoms with E-state index >= 15 is 0 Å². The Morgan fingerprint density at radius 3 is 3.07 bits per heavy atom. The number of nitrogens with zero attached hydrogens (tertiary/aromatic N) is 1. The van der Waals surface area contributed by atoms with Crippen LogP contribution in [0.15, 0.2) is 21.9 Å². The molecule has 1 aromatic rings. The molecule has 1 heterocycles. The number of carbonyl (C=O) groups is 1. The van der Waals surface area contributed by atoms with Gasteiger partial charge in [-0.05, 0) is 6.07 Å². The highest BCUT2D eigenvalue weighted by molar-refractivity contribution is 5.97. The molecule has 0 bridgehead atoms. The zero-order chi connectivity index (χ0) is 11.3. The van der Waals surface area contributed by atoms with Gasteiger partial charge in [0.2, 0.25) is 0 Å². The number of hydrogen-bond acceptors (Lipinski definition) is 4. The molecule has 0 unspecified atom stereocenters. The second-order valence-corrected chi connectivity index (χ2v) is 2.89. The van der Waals surface area contributed by atoms with Gasteiger partial charge in [-0.1, -0.05) is 12.1 Å². The molecule has 15 heavy (non-hydrogen) atoms. The Labute approximate surface area is 86.7 Å². The minimum Gasteiger partial charge on any atom is -0.469 e.